The average molecular weight is 305 g/mol. The predicted octanol–water partition coefficient (Wildman–Crippen LogP) is 3.19. The summed E-state index contributed by atoms with van der Waals surface area (Å²) in [5.74, 6) is 0.819. The van der Waals surface area contributed by atoms with Crippen molar-refractivity contribution in [1.82, 2.24) is 0 Å². The Kier molecular flexibility index (Phi) is 6.93. The maximum atomic E-state index is 12.4. The normalized spacial score (nSPS) is 18.5. The third-order valence-electron chi connectivity index (χ3n) is 1.76. The maximum absolute atomic E-state index is 12.4. The minimum Gasteiger partial charge on any atom is -0.306 e. The number of nitrogens with zero attached hydrogens (tertiary/aromatic N) is 3. The number of hydrogen-bond donors (Lipinski definition) is 0. The molecule has 0 fully saturated rings. The van der Waals surface area contributed by atoms with Crippen molar-refractivity contribution >= 4 is 37.0 Å². The van der Waals surface area contributed by atoms with Crippen LogP contribution in [0.1, 0.15) is 27.7 Å². The molecule has 6 nitrogen and oxygen atoms in total. The zero-order chi connectivity index (χ0) is 14.3. The van der Waals surface area contributed by atoms with Crippen molar-refractivity contribution in [2.75, 3.05) is 11.9 Å². The Balaban J connectivity index is 2.57. The highest BCUT2D eigenvalue weighted by Crippen LogP contribution is 2.49. The summed E-state index contributed by atoms with van der Waals surface area (Å²) >= 11 is 1.50. The van der Waals surface area contributed by atoms with E-state index in [0.29, 0.717) is 5.17 Å². The van der Waals surface area contributed by atoms with Crippen molar-refractivity contribution < 1.29 is 13.6 Å². The summed E-state index contributed by atoms with van der Waals surface area (Å²) in [4.78, 5) is 4.01. The molecule has 0 aromatic heterocycles. The molecule has 0 atom stereocenters. The Labute approximate surface area is 118 Å². The van der Waals surface area contributed by atoms with Gasteiger partial charge in [-0.25, -0.2) is 4.99 Å². The number of thioether (sulfide) groups is 1. The number of hydrogen-bond acceptors (Lipinski definition) is 6. The molecule has 1 rings (SSSR count). The summed E-state index contributed by atoms with van der Waals surface area (Å²) in [6.45, 7) is 7.27. The van der Waals surface area contributed by atoms with E-state index >= 15 is 0 Å². The van der Waals surface area contributed by atoms with Gasteiger partial charge in [0, 0.05) is 18.2 Å². The summed E-state index contributed by atoms with van der Waals surface area (Å²) in [7, 11) is -3.16. The summed E-state index contributed by atoms with van der Waals surface area (Å²) in [6.07, 6.45) is 2.99. The van der Waals surface area contributed by atoms with Crippen LogP contribution in [0.15, 0.2) is 15.2 Å². The fourth-order valence-corrected chi connectivity index (χ4v) is 3.63. The molecule has 8 heteroatoms. The molecule has 0 N–H and O–H groups in total. The minimum atomic E-state index is -3.16. The van der Waals surface area contributed by atoms with Crippen molar-refractivity contribution in [3.63, 3.8) is 0 Å². The zero-order valence-corrected chi connectivity index (χ0v) is 13.4. The Bertz CT molecular complexity index is 407. The first kappa shape index (κ1) is 16.6. The summed E-state index contributed by atoms with van der Waals surface area (Å²) in [5, 5.41) is 8.36. The Morgan fingerprint density at radius 2 is 2.05 bits per heavy atom. The van der Waals surface area contributed by atoms with E-state index in [1.165, 1.54) is 18.0 Å². The van der Waals surface area contributed by atoms with Crippen molar-refractivity contribution in [3.8, 4) is 0 Å². The maximum Gasteiger partial charge on any atom is 0.336 e. The molecule has 1 aliphatic rings. The van der Waals surface area contributed by atoms with E-state index in [-0.39, 0.29) is 18.4 Å². The number of amidine groups is 1. The van der Waals surface area contributed by atoms with Gasteiger partial charge in [-0.05, 0) is 27.7 Å². The second-order valence-electron chi connectivity index (χ2n) is 4.41. The lowest BCUT2D eigenvalue weighted by atomic mass is 10.5. The zero-order valence-electron chi connectivity index (χ0n) is 11.6. The van der Waals surface area contributed by atoms with E-state index in [0.717, 1.165) is 5.75 Å². The third kappa shape index (κ3) is 7.01. The van der Waals surface area contributed by atoms with Gasteiger partial charge in [0.2, 0.25) is 5.17 Å². The molecule has 0 aromatic rings. The minimum absolute atomic E-state index is 0.106. The quantitative estimate of drug-likeness (QED) is 0.411. The topological polar surface area (TPSA) is 72.6 Å². The highest BCUT2D eigenvalue weighted by molar-refractivity contribution is 8.14. The van der Waals surface area contributed by atoms with Crippen LogP contribution in [0.3, 0.4) is 0 Å². The van der Waals surface area contributed by atoms with Crippen LogP contribution in [-0.2, 0) is 13.6 Å². The molecule has 0 aliphatic carbocycles. The lowest BCUT2D eigenvalue weighted by Crippen LogP contribution is -2.10. The first-order chi connectivity index (χ1) is 8.91. The Hall–Kier alpha value is -0.490. The smallest absolute Gasteiger partial charge is 0.306 e. The van der Waals surface area contributed by atoms with Gasteiger partial charge in [-0.15, -0.1) is 5.10 Å². The molecule has 0 saturated carbocycles. The van der Waals surface area contributed by atoms with E-state index < -0.39 is 7.60 Å². The number of aliphatic imine (C=N–C) groups is 1. The molecular weight excluding hydrogens is 285 g/mol. The van der Waals surface area contributed by atoms with Crippen LogP contribution in [0.2, 0.25) is 0 Å². The molecule has 1 heterocycles. The van der Waals surface area contributed by atoms with Gasteiger partial charge in [-0.1, -0.05) is 11.8 Å². The lowest BCUT2D eigenvalue weighted by Gasteiger charge is -2.21. The van der Waals surface area contributed by atoms with Gasteiger partial charge in [-0.2, -0.15) is 5.10 Å². The molecule has 0 saturated heterocycles. The summed E-state index contributed by atoms with van der Waals surface area (Å²) in [5.41, 5.74) is 0. The fourth-order valence-electron chi connectivity index (χ4n) is 1.30. The van der Waals surface area contributed by atoms with Gasteiger partial charge in [0.05, 0.1) is 18.4 Å². The van der Waals surface area contributed by atoms with Crippen LogP contribution in [0, 0.1) is 0 Å². The standard InChI is InChI=1S/C11H20N3O3PS/c1-9(2)16-18(15,17-10(3)4)7-5-13-14-11-12-6-8-19-11/h5-6,9-10H,7-8H2,1-4H3/b13-5+,14-11+. The molecule has 108 valence electrons. The van der Waals surface area contributed by atoms with E-state index in [2.05, 4.69) is 15.2 Å². The second kappa shape index (κ2) is 7.94. The lowest BCUT2D eigenvalue weighted by molar-refractivity contribution is 0.145. The van der Waals surface area contributed by atoms with E-state index in [1.54, 1.807) is 6.21 Å². The molecule has 0 aromatic carbocycles. The summed E-state index contributed by atoms with van der Waals surface area (Å²) in [6, 6.07) is 0. The SMILES string of the molecule is CC(C)OP(=O)(C/C=N/N=C1\N=CCS1)OC(C)C. The predicted molar refractivity (Wildman–Crippen MR) is 81.8 cm³/mol. The van der Waals surface area contributed by atoms with Crippen LogP contribution >= 0.6 is 19.4 Å². The van der Waals surface area contributed by atoms with Gasteiger partial charge in [0.25, 0.3) is 0 Å². The summed E-state index contributed by atoms with van der Waals surface area (Å²) < 4.78 is 23.2. The Morgan fingerprint density at radius 1 is 1.42 bits per heavy atom. The van der Waals surface area contributed by atoms with Crippen molar-refractivity contribution in [2.24, 2.45) is 15.2 Å². The van der Waals surface area contributed by atoms with Crippen LogP contribution in [-0.4, -0.2) is 41.7 Å². The fraction of sp³-hybridized carbons (Fsp3) is 0.727. The first-order valence-corrected chi connectivity index (χ1v) is 8.83. The van der Waals surface area contributed by atoms with Crippen LogP contribution < -0.4 is 0 Å². The van der Waals surface area contributed by atoms with Gasteiger partial charge in [0.15, 0.2) is 0 Å². The van der Waals surface area contributed by atoms with E-state index in [9.17, 15) is 4.57 Å². The molecule has 0 bridgehead atoms. The number of rotatable bonds is 7. The molecule has 0 radical (unpaired) electrons. The van der Waals surface area contributed by atoms with E-state index in [4.69, 9.17) is 9.05 Å². The van der Waals surface area contributed by atoms with Crippen molar-refractivity contribution in [1.29, 1.82) is 0 Å². The van der Waals surface area contributed by atoms with Gasteiger partial charge in [0.1, 0.15) is 0 Å². The van der Waals surface area contributed by atoms with Gasteiger partial charge >= 0.3 is 7.60 Å². The largest absolute Gasteiger partial charge is 0.336 e. The first-order valence-electron chi connectivity index (χ1n) is 6.12. The van der Waals surface area contributed by atoms with E-state index in [1.807, 2.05) is 27.7 Å². The highest BCUT2D eigenvalue weighted by atomic mass is 32.2. The average Bonchev–Trinajstić information content (AvgIpc) is 2.74. The highest BCUT2D eigenvalue weighted by Gasteiger charge is 2.26. The molecule has 0 spiro atoms. The van der Waals surface area contributed by atoms with Crippen LogP contribution in [0.5, 0.6) is 0 Å². The molecular formula is C11H20N3O3PS. The monoisotopic (exact) mass is 305 g/mol. The Morgan fingerprint density at radius 3 is 2.53 bits per heavy atom. The van der Waals surface area contributed by atoms with Crippen LogP contribution in [0.4, 0.5) is 0 Å². The third-order valence-corrected chi connectivity index (χ3v) is 4.62. The van der Waals surface area contributed by atoms with Crippen LogP contribution in [0.25, 0.3) is 0 Å². The van der Waals surface area contributed by atoms with Gasteiger partial charge < -0.3 is 9.05 Å². The van der Waals surface area contributed by atoms with Crippen molar-refractivity contribution in [3.05, 3.63) is 0 Å². The molecule has 1 aliphatic heterocycles. The molecule has 0 amide bonds. The molecule has 19 heavy (non-hydrogen) atoms. The second-order valence-corrected chi connectivity index (χ2v) is 7.40. The van der Waals surface area contributed by atoms with Gasteiger partial charge in [-0.3, -0.25) is 4.57 Å². The van der Waals surface area contributed by atoms with Crippen molar-refractivity contribution in [2.45, 2.75) is 39.9 Å². The molecule has 0 unspecified atom stereocenters.